The van der Waals surface area contributed by atoms with E-state index < -0.39 is 104 Å². The lowest BCUT2D eigenvalue weighted by atomic mass is 9.86. The van der Waals surface area contributed by atoms with E-state index >= 15 is 0 Å². The van der Waals surface area contributed by atoms with Gasteiger partial charge in [-0.2, -0.15) is 0 Å². The minimum Gasteiger partial charge on any atom is -0.463 e. The van der Waals surface area contributed by atoms with Crippen molar-refractivity contribution in [3.8, 4) is 0 Å². The molecule has 0 saturated carbocycles. The summed E-state index contributed by atoms with van der Waals surface area (Å²) in [6.45, 7) is 8.10. The van der Waals surface area contributed by atoms with Crippen LogP contribution in [0.3, 0.4) is 0 Å². The molecule has 274 valence electrons. The van der Waals surface area contributed by atoms with Gasteiger partial charge in [0.2, 0.25) is 0 Å². The average molecular weight is 820 g/mol. The number of carbonyl (C=O) groups is 6. The summed E-state index contributed by atoms with van der Waals surface area (Å²) in [5.74, 6) is -5.02. The maximum absolute atomic E-state index is 12.3. The summed E-state index contributed by atoms with van der Waals surface area (Å²) in [6.07, 6.45) is -11.2. The van der Waals surface area contributed by atoms with E-state index in [1.165, 1.54) is 13.8 Å². The van der Waals surface area contributed by atoms with Crippen LogP contribution in [0.1, 0.15) is 54.9 Å². The molecule has 0 N–H and O–H groups in total. The fourth-order valence-corrected chi connectivity index (χ4v) is 6.71. The fourth-order valence-electron chi connectivity index (χ4n) is 5.26. The number of halogens is 2. The van der Waals surface area contributed by atoms with Crippen LogP contribution in [-0.4, -0.2) is 122 Å². The number of hydrogen-bond acceptors (Lipinski definition) is 16. The van der Waals surface area contributed by atoms with Crippen LogP contribution in [0, 0.1) is 11.8 Å². The molecule has 0 aromatic carbocycles. The molecule has 0 radical (unpaired) electrons. The van der Waals surface area contributed by atoms with E-state index in [1.807, 2.05) is 0 Å². The van der Waals surface area contributed by atoms with E-state index in [1.54, 1.807) is 6.92 Å². The first-order chi connectivity index (χ1) is 22.6. The maximum Gasteiger partial charge on any atom is 0.303 e. The van der Waals surface area contributed by atoms with Gasteiger partial charge in [0, 0.05) is 64.0 Å². The fraction of sp³-hybridized carbons (Fsp3) is 0.800. The molecule has 0 unspecified atom stereocenters. The van der Waals surface area contributed by atoms with Crippen molar-refractivity contribution in [2.45, 2.75) is 110 Å². The third kappa shape index (κ3) is 12.8. The van der Waals surface area contributed by atoms with Crippen LogP contribution in [0.5, 0.6) is 0 Å². The molecule has 0 spiro atoms. The van der Waals surface area contributed by atoms with Crippen LogP contribution in [0.4, 0.5) is 0 Å². The third-order valence-electron chi connectivity index (χ3n) is 7.18. The summed E-state index contributed by atoms with van der Waals surface area (Å²) in [4.78, 5) is 72.7. The van der Waals surface area contributed by atoms with Gasteiger partial charge in [-0.05, 0) is 6.42 Å². The quantitative estimate of drug-likeness (QED) is 0.125. The van der Waals surface area contributed by atoms with Crippen LogP contribution >= 0.6 is 31.9 Å². The molecule has 18 heteroatoms. The van der Waals surface area contributed by atoms with Gasteiger partial charge in [-0.1, -0.05) is 38.8 Å². The second kappa shape index (κ2) is 20.3. The molecule has 2 saturated heterocycles. The highest BCUT2D eigenvalue weighted by Crippen LogP contribution is 2.38. The molecule has 0 aromatic heterocycles. The molecule has 0 amide bonds. The standard InChI is InChI=1S/C30H44Br2O16/c1-8-21-24(22(12-39-14(2)33)46-29(25(21)42-16(4)35)41-11-20(9-31)10-32)48-30-28(45-19(7)38)27(44-18(6)37)26(43-17(5)36)23(47-30)13-40-15(3)34/h20-30H,8-13H2,1-7H3/t21-,22+,23+,24+,25+,26-,27-,28+,29+,30+/m0/s1. The van der Waals surface area contributed by atoms with Crippen LogP contribution < -0.4 is 0 Å². The molecule has 48 heavy (non-hydrogen) atoms. The molecular weight excluding hydrogens is 776 g/mol. The van der Waals surface area contributed by atoms with E-state index in [0.717, 1.165) is 27.7 Å². The molecule has 2 aliphatic rings. The Bertz CT molecular complexity index is 1120. The SMILES string of the molecule is CC[C@H]1[C@@H](O[C@H]2O[C@H](COC(C)=O)[C@H](OC(C)=O)[C@H](OC(C)=O)[C@H]2OC(C)=O)[C@@H](COC(C)=O)O[C@@H](OCC(CBr)CBr)[C@@H]1OC(C)=O. The number of alkyl halides is 2. The minimum atomic E-state index is -1.57. The molecule has 16 nitrogen and oxygen atoms in total. The molecule has 2 heterocycles. The summed E-state index contributed by atoms with van der Waals surface area (Å²) in [6, 6.07) is 0. The van der Waals surface area contributed by atoms with Gasteiger partial charge in [0.1, 0.15) is 25.4 Å². The topological polar surface area (TPSA) is 195 Å². The molecule has 0 aliphatic carbocycles. The predicted octanol–water partition coefficient (Wildman–Crippen LogP) is 2.12. The highest BCUT2D eigenvalue weighted by atomic mass is 79.9. The summed E-state index contributed by atoms with van der Waals surface area (Å²) in [5.41, 5.74) is 0. The van der Waals surface area contributed by atoms with Gasteiger partial charge in [-0.25, -0.2) is 0 Å². The lowest BCUT2D eigenvalue weighted by Gasteiger charge is -2.49. The molecule has 10 atom stereocenters. The number of esters is 6. The van der Waals surface area contributed by atoms with E-state index in [-0.39, 0.29) is 19.1 Å². The maximum atomic E-state index is 12.3. The number of hydrogen-bond donors (Lipinski definition) is 0. The van der Waals surface area contributed by atoms with Gasteiger partial charge in [0.05, 0.1) is 12.7 Å². The Kier molecular flexibility index (Phi) is 17.7. The Morgan fingerprint density at radius 1 is 0.583 bits per heavy atom. The molecule has 0 bridgehead atoms. The zero-order valence-electron chi connectivity index (χ0n) is 27.9. The predicted molar refractivity (Wildman–Crippen MR) is 168 cm³/mol. The van der Waals surface area contributed by atoms with Crippen LogP contribution in [0.15, 0.2) is 0 Å². The first kappa shape index (κ1) is 41.8. The summed E-state index contributed by atoms with van der Waals surface area (Å²) in [5, 5.41) is 1.21. The van der Waals surface area contributed by atoms with Gasteiger partial charge in [-0.15, -0.1) is 0 Å². The van der Waals surface area contributed by atoms with E-state index in [2.05, 4.69) is 31.9 Å². The van der Waals surface area contributed by atoms with Crippen molar-refractivity contribution in [3.63, 3.8) is 0 Å². The average Bonchev–Trinajstić information content (AvgIpc) is 2.98. The van der Waals surface area contributed by atoms with Gasteiger partial charge in [0.15, 0.2) is 37.0 Å². The van der Waals surface area contributed by atoms with Crippen LogP contribution in [-0.2, 0) is 76.1 Å². The first-order valence-corrected chi connectivity index (χ1v) is 17.5. The van der Waals surface area contributed by atoms with Crippen LogP contribution in [0.2, 0.25) is 0 Å². The number of carbonyl (C=O) groups excluding carboxylic acids is 6. The second-order valence-corrected chi connectivity index (χ2v) is 12.5. The Morgan fingerprint density at radius 2 is 1.02 bits per heavy atom. The van der Waals surface area contributed by atoms with Crippen molar-refractivity contribution in [2.75, 3.05) is 30.5 Å². The lowest BCUT2D eigenvalue weighted by Crippen LogP contribution is -2.65. The van der Waals surface area contributed by atoms with Crippen molar-refractivity contribution < 1.29 is 76.1 Å². The van der Waals surface area contributed by atoms with Gasteiger partial charge in [0.25, 0.3) is 0 Å². The molecular formula is C30H44Br2O16. The van der Waals surface area contributed by atoms with Gasteiger partial charge in [-0.3, -0.25) is 28.8 Å². The summed E-state index contributed by atoms with van der Waals surface area (Å²) in [7, 11) is 0. The van der Waals surface area contributed by atoms with Crippen molar-refractivity contribution in [2.24, 2.45) is 11.8 Å². The molecule has 0 aromatic rings. The number of rotatable bonds is 16. The molecule has 2 fully saturated rings. The van der Waals surface area contributed by atoms with Crippen molar-refractivity contribution in [1.29, 1.82) is 0 Å². The monoisotopic (exact) mass is 818 g/mol. The molecule has 2 rings (SSSR count). The Labute approximate surface area is 295 Å². The Balaban J connectivity index is 2.63. The number of ether oxygens (including phenoxy) is 10. The lowest BCUT2D eigenvalue weighted by molar-refractivity contribution is -0.355. The smallest absolute Gasteiger partial charge is 0.303 e. The minimum absolute atomic E-state index is 0.0326. The van der Waals surface area contributed by atoms with Crippen molar-refractivity contribution >= 4 is 67.7 Å². The Hall–Kier alpha value is -2.38. The Morgan fingerprint density at radius 3 is 1.48 bits per heavy atom. The first-order valence-electron chi connectivity index (χ1n) is 15.3. The van der Waals surface area contributed by atoms with Crippen LogP contribution in [0.25, 0.3) is 0 Å². The van der Waals surface area contributed by atoms with E-state index in [0.29, 0.717) is 17.1 Å². The molecule has 2 aliphatic heterocycles. The van der Waals surface area contributed by atoms with Gasteiger partial charge < -0.3 is 47.4 Å². The second-order valence-electron chi connectivity index (χ2n) is 11.2. The highest BCUT2D eigenvalue weighted by molar-refractivity contribution is 9.09. The zero-order valence-corrected chi connectivity index (χ0v) is 31.1. The zero-order chi connectivity index (χ0) is 36.1. The van der Waals surface area contributed by atoms with Crippen molar-refractivity contribution in [3.05, 3.63) is 0 Å². The summed E-state index contributed by atoms with van der Waals surface area (Å²) < 4.78 is 57.6. The van der Waals surface area contributed by atoms with Gasteiger partial charge >= 0.3 is 35.8 Å². The van der Waals surface area contributed by atoms with E-state index in [4.69, 9.17) is 47.4 Å². The third-order valence-corrected chi connectivity index (χ3v) is 9.02. The van der Waals surface area contributed by atoms with E-state index in [9.17, 15) is 28.8 Å². The largest absolute Gasteiger partial charge is 0.463 e. The summed E-state index contributed by atoms with van der Waals surface area (Å²) >= 11 is 6.87. The van der Waals surface area contributed by atoms with Crippen molar-refractivity contribution in [1.82, 2.24) is 0 Å². The normalized spacial score (nSPS) is 30.1. The highest BCUT2D eigenvalue weighted by Gasteiger charge is 2.56.